The van der Waals surface area contributed by atoms with Gasteiger partial charge in [-0.2, -0.15) is 5.26 Å². The highest BCUT2D eigenvalue weighted by Gasteiger charge is 2.51. The number of benzene rings is 2. The standard InChI is InChI=1S/C25H23ClN4O3/c1-16-21(10-8-18(15-27)22(16)26)30-23(31)25(2,3)29(24(30)32)12-5-13-33-19-9-7-17-6-4-11-28-20(17)14-19/h4,6-11,14H,5,12-13H2,1-3H3. The van der Waals surface area contributed by atoms with E-state index < -0.39 is 11.6 Å². The maximum Gasteiger partial charge on any atom is 0.332 e. The lowest BCUT2D eigenvalue weighted by Crippen LogP contribution is -2.44. The lowest BCUT2D eigenvalue weighted by molar-refractivity contribution is -0.123. The van der Waals surface area contributed by atoms with E-state index in [2.05, 4.69) is 4.98 Å². The molecule has 0 radical (unpaired) electrons. The molecule has 0 atom stereocenters. The number of amides is 3. The Morgan fingerprint density at radius 2 is 1.97 bits per heavy atom. The lowest BCUT2D eigenvalue weighted by Gasteiger charge is -2.27. The largest absolute Gasteiger partial charge is 0.493 e. The zero-order valence-electron chi connectivity index (χ0n) is 18.6. The summed E-state index contributed by atoms with van der Waals surface area (Å²) in [6, 6.07) is 14.3. The molecule has 0 spiro atoms. The van der Waals surface area contributed by atoms with Crippen LogP contribution in [0.15, 0.2) is 48.7 Å². The predicted octanol–water partition coefficient (Wildman–Crippen LogP) is 5.08. The molecule has 0 N–H and O–H groups in total. The first-order valence-electron chi connectivity index (χ1n) is 10.6. The molecule has 3 amide bonds. The molecule has 1 saturated heterocycles. The van der Waals surface area contributed by atoms with Gasteiger partial charge in [0.15, 0.2) is 0 Å². The van der Waals surface area contributed by atoms with Gasteiger partial charge in [0.05, 0.1) is 28.4 Å². The highest BCUT2D eigenvalue weighted by Crippen LogP contribution is 2.36. The van der Waals surface area contributed by atoms with Crippen molar-refractivity contribution in [2.45, 2.75) is 32.7 Å². The summed E-state index contributed by atoms with van der Waals surface area (Å²) in [5, 5.41) is 10.5. The fraction of sp³-hybridized carbons (Fsp3) is 0.280. The van der Waals surface area contributed by atoms with Gasteiger partial charge in [0, 0.05) is 24.2 Å². The molecule has 1 aliphatic heterocycles. The van der Waals surface area contributed by atoms with Gasteiger partial charge in [-0.05, 0) is 63.1 Å². The molecule has 0 aliphatic carbocycles. The van der Waals surface area contributed by atoms with Crippen LogP contribution < -0.4 is 9.64 Å². The highest BCUT2D eigenvalue weighted by molar-refractivity contribution is 6.33. The molecule has 0 saturated carbocycles. The van der Waals surface area contributed by atoms with Crippen LogP contribution in [0.3, 0.4) is 0 Å². The van der Waals surface area contributed by atoms with Crippen molar-refractivity contribution in [3.63, 3.8) is 0 Å². The third-order valence-corrected chi connectivity index (χ3v) is 6.40. The Kier molecular flexibility index (Phi) is 5.96. The van der Waals surface area contributed by atoms with Crippen molar-refractivity contribution in [3.8, 4) is 11.8 Å². The lowest BCUT2D eigenvalue weighted by atomic mass is 10.0. The number of nitriles is 1. The maximum atomic E-state index is 13.2. The van der Waals surface area contributed by atoms with Crippen LogP contribution in [0, 0.1) is 18.3 Å². The number of carbonyl (C=O) groups is 2. The molecule has 1 fully saturated rings. The zero-order chi connectivity index (χ0) is 23.8. The second kappa shape index (κ2) is 8.72. The van der Waals surface area contributed by atoms with E-state index in [9.17, 15) is 14.9 Å². The van der Waals surface area contributed by atoms with Crippen LogP contribution >= 0.6 is 11.6 Å². The van der Waals surface area contributed by atoms with Gasteiger partial charge < -0.3 is 9.64 Å². The number of halogens is 1. The number of urea groups is 1. The molecule has 4 rings (SSSR count). The SMILES string of the molecule is Cc1c(N2C(=O)N(CCCOc3ccc4cccnc4c3)C(C)(C)C2=O)ccc(C#N)c1Cl. The molecule has 2 heterocycles. The van der Waals surface area contributed by atoms with Gasteiger partial charge >= 0.3 is 6.03 Å². The summed E-state index contributed by atoms with van der Waals surface area (Å²) in [5.74, 6) is 0.367. The number of ether oxygens (including phenoxy) is 1. The van der Waals surface area contributed by atoms with Gasteiger partial charge in [0.1, 0.15) is 17.4 Å². The minimum Gasteiger partial charge on any atom is -0.493 e. The Morgan fingerprint density at radius 1 is 1.18 bits per heavy atom. The summed E-state index contributed by atoms with van der Waals surface area (Å²) < 4.78 is 5.85. The van der Waals surface area contributed by atoms with Gasteiger partial charge in [-0.1, -0.05) is 17.7 Å². The minimum atomic E-state index is -1.02. The van der Waals surface area contributed by atoms with Crippen molar-refractivity contribution in [3.05, 3.63) is 64.8 Å². The van der Waals surface area contributed by atoms with E-state index in [0.29, 0.717) is 42.1 Å². The summed E-state index contributed by atoms with van der Waals surface area (Å²) >= 11 is 6.27. The Hall–Kier alpha value is -3.63. The van der Waals surface area contributed by atoms with Gasteiger partial charge in [-0.25, -0.2) is 9.69 Å². The molecule has 7 nitrogen and oxygen atoms in total. The first kappa shape index (κ1) is 22.6. The van der Waals surface area contributed by atoms with E-state index in [0.717, 1.165) is 15.8 Å². The van der Waals surface area contributed by atoms with Gasteiger partial charge in [0.25, 0.3) is 5.91 Å². The van der Waals surface area contributed by atoms with E-state index in [1.165, 1.54) is 6.07 Å². The van der Waals surface area contributed by atoms with E-state index in [-0.39, 0.29) is 10.9 Å². The van der Waals surface area contributed by atoms with Gasteiger partial charge in [0.2, 0.25) is 0 Å². The van der Waals surface area contributed by atoms with E-state index in [1.807, 2.05) is 36.4 Å². The van der Waals surface area contributed by atoms with Crippen LogP contribution in [-0.4, -0.2) is 40.5 Å². The molecule has 8 heteroatoms. The molecule has 0 bridgehead atoms. The van der Waals surface area contributed by atoms with Crippen molar-refractivity contribution in [2.75, 3.05) is 18.1 Å². The Morgan fingerprint density at radius 3 is 2.73 bits per heavy atom. The quantitative estimate of drug-likeness (QED) is 0.376. The number of aromatic nitrogens is 1. The van der Waals surface area contributed by atoms with E-state index in [1.54, 1.807) is 37.9 Å². The third-order valence-electron chi connectivity index (χ3n) is 5.91. The van der Waals surface area contributed by atoms with Crippen molar-refractivity contribution >= 4 is 40.1 Å². The average Bonchev–Trinajstić information content (AvgIpc) is 2.97. The smallest absolute Gasteiger partial charge is 0.332 e. The number of fused-ring (bicyclic) bond motifs is 1. The molecule has 1 aliphatic rings. The summed E-state index contributed by atoms with van der Waals surface area (Å²) in [6.45, 7) is 5.88. The number of imide groups is 1. The fourth-order valence-electron chi connectivity index (χ4n) is 3.98. The van der Waals surface area contributed by atoms with Gasteiger partial charge in [-0.3, -0.25) is 9.78 Å². The molecular formula is C25H23ClN4O3. The Labute approximate surface area is 197 Å². The van der Waals surface area contributed by atoms with Crippen LogP contribution in [0.4, 0.5) is 10.5 Å². The fourth-order valence-corrected chi connectivity index (χ4v) is 4.18. The molecule has 168 valence electrons. The van der Waals surface area contributed by atoms with Crippen molar-refractivity contribution in [1.82, 2.24) is 9.88 Å². The third kappa shape index (κ3) is 3.98. The van der Waals surface area contributed by atoms with Crippen LogP contribution in [0.1, 0.15) is 31.4 Å². The maximum absolute atomic E-state index is 13.2. The number of anilines is 1. The summed E-state index contributed by atoms with van der Waals surface area (Å²) in [4.78, 5) is 33.4. The van der Waals surface area contributed by atoms with E-state index >= 15 is 0 Å². The highest BCUT2D eigenvalue weighted by atomic mass is 35.5. The van der Waals surface area contributed by atoms with Crippen molar-refractivity contribution in [2.24, 2.45) is 0 Å². The molecule has 2 aromatic carbocycles. The summed E-state index contributed by atoms with van der Waals surface area (Å²) in [7, 11) is 0. The summed E-state index contributed by atoms with van der Waals surface area (Å²) in [6.07, 6.45) is 2.28. The first-order valence-corrected chi connectivity index (χ1v) is 11.0. The van der Waals surface area contributed by atoms with Crippen LogP contribution in [-0.2, 0) is 4.79 Å². The second-order valence-corrected chi connectivity index (χ2v) is 8.75. The molecule has 0 unspecified atom stereocenters. The van der Waals surface area contributed by atoms with E-state index in [4.69, 9.17) is 16.3 Å². The number of hydrogen-bond acceptors (Lipinski definition) is 5. The predicted molar refractivity (Wildman–Crippen MR) is 126 cm³/mol. The first-order chi connectivity index (χ1) is 15.8. The average molecular weight is 463 g/mol. The number of hydrogen-bond donors (Lipinski definition) is 0. The van der Waals surface area contributed by atoms with Crippen LogP contribution in [0.25, 0.3) is 10.9 Å². The number of nitrogens with zero attached hydrogens (tertiary/aromatic N) is 4. The molecule has 33 heavy (non-hydrogen) atoms. The molecule has 1 aromatic heterocycles. The Balaban J connectivity index is 1.46. The van der Waals surface area contributed by atoms with Crippen molar-refractivity contribution < 1.29 is 14.3 Å². The summed E-state index contributed by atoms with van der Waals surface area (Å²) in [5.41, 5.74) is 1.04. The monoisotopic (exact) mass is 462 g/mol. The minimum absolute atomic E-state index is 0.241. The topological polar surface area (TPSA) is 86.5 Å². The molecule has 3 aromatic rings. The van der Waals surface area contributed by atoms with Crippen LogP contribution in [0.2, 0.25) is 5.02 Å². The number of rotatable bonds is 6. The zero-order valence-corrected chi connectivity index (χ0v) is 19.4. The normalized spacial score (nSPS) is 15.2. The van der Waals surface area contributed by atoms with Gasteiger partial charge in [-0.15, -0.1) is 0 Å². The molecular weight excluding hydrogens is 440 g/mol. The van der Waals surface area contributed by atoms with Crippen LogP contribution in [0.5, 0.6) is 5.75 Å². The van der Waals surface area contributed by atoms with Crippen molar-refractivity contribution in [1.29, 1.82) is 5.26 Å². The number of carbonyl (C=O) groups excluding carboxylic acids is 2. The second-order valence-electron chi connectivity index (χ2n) is 8.38. The Bertz CT molecular complexity index is 1300. The number of pyridine rings is 1.